The van der Waals surface area contributed by atoms with Crippen LogP contribution in [0.15, 0.2) is 18.2 Å². The maximum Gasteiger partial charge on any atom is 0.410 e. The molecular formula is C17H24FNO3. The van der Waals surface area contributed by atoms with E-state index in [4.69, 9.17) is 4.74 Å². The van der Waals surface area contributed by atoms with Gasteiger partial charge in [-0.1, -0.05) is 6.07 Å². The molecule has 1 amide bonds. The molecule has 0 bridgehead atoms. The van der Waals surface area contributed by atoms with E-state index in [1.165, 1.54) is 17.0 Å². The first-order chi connectivity index (χ1) is 10.2. The molecular weight excluding hydrogens is 285 g/mol. The number of amides is 1. The van der Waals surface area contributed by atoms with Crippen LogP contribution < -0.4 is 0 Å². The summed E-state index contributed by atoms with van der Waals surface area (Å²) in [5, 5.41) is 10.4. The highest BCUT2D eigenvalue weighted by atomic mass is 19.1. The predicted octanol–water partition coefficient (Wildman–Crippen LogP) is 3.22. The van der Waals surface area contributed by atoms with Gasteiger partial charge in [-0.05, 0) is 57.4 Å². The van der Waals surface area contributed by atoms with Gasteiger partial charge in [0.25, 0.3) is 0 Å². The molecule has 1 fully saturated rings. The fraction of sp³-hybridized carbons (Fsp3) is 0.588. The van der Waals surface area contributed by atoms with Crippen LogP contribution in [0.2, 0.25) is 0 Å². The van der Waals surface area contributed by atoms with Crippen molar-refractivity contribution in [2.45, 2.75) is 51.7 Å². The van der Waals surface area contributed by atoms with Crippen molar-refractivity contribution in [3.8, 4) is 0 Å². The van der Waals surface area contributed by atoms with E-state index in [2.05, 4.69) is 0 Å². The molecule has 0 unspecified atom stereocenters. The summed E-state index contributed by atoms with van der Waals surface area (Å²) in [6.45, 7) is 8.03. The van der Waals surface area contributed by atoms with Crippen molar-refractivity contribution in [3.63, 3.8) is 0 Å². The van der Waals surface area contributed by atoms with Crippen LogP contribution >= 0.6 is 0 Å². The number of aryl methyl sites for hydroxylation is 1. The van der Waals surface area contributed by atoms with Crippen molar-refractivity contribution in [3.05, 3.63) is 35.1 Å². The molecule has 1 aromatic rings. The minimum absolute atomic E-state index is 0.158. The fourth-order valence-corrected chi connectivity index (χ4v) is 2.80. The molecule has 5 heteroatoms. The lowest BCUT2D eigenvalue weighted by molar-refractivity contribution is -0.00159. The maximum atomic E-state index is 13.5. The van der Waals surface area contributed by atoms with Gasteiger partial charge in [-0.25, -0.2) is 9.18 Å². The van der Waals surface area contributed by atoms with Crippen molar-refractivity contribution < 1.29 is 19.0 Å². The number of halogens is 1. The number of rotatable bonds is 1. The van der Waals surface area contributed by atoms with Gasteiger partial charge in [-0.3, -0.25) is 0 Å². The number of aliphatic hydroxyl groups excluding tert-OH is 1. The van der Waals surface area contributed by atoms with Crippen molar-refractivity contribution in [2.24, 2.45) is 0 Å². The summed E-state index contributed by atoms with van der Waals surface area (Å²) in [7, 11) is 0. The van der Waals surface area contributed by atoms with Crippen molar-refractivity contribution >= 4 is 6.09 Å². The molecule has 0 aromatic heterocycles. The van der Waals surface area contributed by atoms with E-state index in [0.29, 0.717) is 13.0 Å². The van der Waals surface area contributed by atoms with Crippen LogP contribution in [-0.4, -0.2) is 40.9 Å². The smallest absolute Gasteiger partial charge is 0.410 e. The largest absolute Gasteiger partial charge is 0.444 e. The summed E-state index contributed by atoms with van der Waals surface area (Å²) < 4.78 is 18.8. The standard InChI is InChI=1S/C17H24FNO3/c1-11-5-6-12(18)9-14(11)13-7-8-19(10-15(13)20)16(21)22-17(2,3)4/h5-6,9,13,15,20H,7-8,10H2,1-4H3/t13-,15-/m0/s1. The summed E-state index contributed by atoms with van der Waals surface area (Å²) >= 11 is 0. The molecule has 2 atom stereocenters. The Balaban J connectivity index is 2.07. The van der Waals surface area contributed by atoms with Gasteiger partial charge in [0.2, 0.25) is 0 Å². The van der Waals surface area contributed by atoms with Crippen LogP contribution in [-0.2, 0) is 4.74 Å². The molecule has 0 aliphatic carbocycles. The maximum absolute atomic E-state index is 13.5. The fourth-order valence-electron chi connectivity index (χ4n) is 2.80. The SMILES string of the molecule is Cc1ccc(F)cc1[C@@H]1CCN(C(=O)OC(C)(C)C)C[C@@H]1O. The molecule has 2 rings (SSSR count). The van der Waals surface area contributed by atoms with Crippen molar-refractivity contribution in [1.29, 1.82) is 0 Å². The predicted molar refractivity (Wildman–Crippen MR) is 82.3 cm³/mol. The Morgan fingerprint density at radius 2 is 2.09 bits per heavy atom. The number of β-amino-alcohol motifs (C(OH)–C–C–N with tert-alkyl or cyclic N) is 1. The van der Waals surface area contributed by atoms with Gasteiger partial charge in [0.1, 0.15) is 11.4 Å². The van der Waals surface area contributed by atoms with Gasteiger partial charge in [-0.15, -0.1) is 0 Å². The topological polar surface area (TPSA) is 49.8 Å². The molecule has 1 N–H and O–H groups in total. The van der Waals surface area contributed by atoms with Gasteiger partial charge in [0.15, 0.2) is 0 Å². The number of aliphatic hydroxyl groups is 1. The average molecular weight is 309 g/mol. The number of ether oxygens (including phenoxy) is 1. The Morgan fingerprint density at radius 3 is 2.68 bits per heavy atom. The van der Waals surface area contributed by atoms with Gasteiger partial charge < -0.3 is 14.7 Å². The Labute approximate surface area is 130 Å². The number of piperidine rings is 1. The minimum Gasteiger partial charge on any atom is -0.444 e. The van der Waals surface area contributed by atoms with Gasteiger partial charge in [-0.2, -0.15) is 0 Å². The Bertz CT molecular complexity index is 553. The molecule has 4 nitrogen and oxygen atoms in total. The van der Waals surface area contributed by atoms with Crippen molar-refractivity contribution in [1.82, 2.24) is 4.90 Å². The minimum atomic E-state index is -0.721. The summed E-state index contributed by atoms with van der Waals surface area (Å²) in [5.74, 6) is -0.461. The summed E-state index contributed by atoms with van der Waals surface area (Å²) in [4.78, 5) is 13.6. The normalized spacial score (nSPS) is 22.5. The van der Waals surface area contributed by atoms with E-state index in [-0.39, 0.29) is 18.3 Å². The zero-order valence-corrected chi connectivity index (χ0v) is 13.6. The molecule has 0 spiro atoms. The summed E-state index contributed by atoms with van der Waals surface area (Å²) in [5.41, 5.74) is 1.21. The number of likely N-dealkylation sites (tertiary alicyclic amines) is 1. The number of carbonyl (C=O) groups excluding carboxylic acids is 1. The second kappa shape index (κ2) is 6.24. The zero-order chi connectivity index (χ0) is 16.5. The number of nitrogens with zero attached hydrogens (tertiary/aromatic N) is 1. The van der Waals surface area contributed by atoms with E-state index in [1.807, 2.05) is 27.7 Å². The third-order valence-electron chi connectivity index (χ3n) is 3.87. The van der Waals surface area contributed by atoms with Gasteiger partial charge >= 0.3 is 6.09 Å². The lowest BCUT2D eigenvalue weighted by atomic mass is 9.85. The van der Waals surface area contributed by atoms with E-state index >= 15 is 0 Å². The third kappa shape index (κ3) is 3.97. The van der Waals surface area contributed by atoms with Crippen LogP contribution in [0, 0.1) is 12.7 Å². The first-order valence-corrected chi connectivity index (χ1v) is 7.59. The molecule has 1 saturated heterocycles. The molecule has 122 valence electrons. The number of carbonyl (C=O) groups is 1. The van der Waals surface area contributed by atoms with E-state index in [0.717, 1.165) is 11.1 Å². The Morgan fingerprint density at radius 1 is 1.41 bits per heavy atom. The summed E-state index contributed by atoms with van der Waals surface area (Å²) in [6.07, 6.45) is -0.548. The highest BCUT2D eigenvalue weighted by Crippen LogP contribution is 2.31. The summed E-state index contributed by atoms with van der Waals surface area (Å²) in [6, 6.07) is 4.62. The molecule has 0 radical (unpaired) electrons. The van der Waals surface area contributed by atoms with Gasteiger partial charge in [0, 0.05) is 12.5 Å². The molecule has 1 heterocycles. The lowest BCUT2D eigenvalue weighted by Crippen LogP contribution is -2.47. The highest BCUT2D eigenvalue weighted by molar-refractivity contribution is 5.68. The van der Waals surface area contributed by atoms with Crippen LogP contribution in [0.3, 0.4) is 0 Å². The van der Waals surface area contributed by atoms with Crippen LogP contribution in [0.4, 0.5) is 9.18 Å². The highest BCUT2D eigenvalue weighted by Gasteiger charge is 2.33. The molecule has 1 aliphatic heterocycles. The van der Waals surface area contributed by atoms with Crippen LogP contribution in [0.5, 0.6) is 0 Å². The number of hydrogen-bond acceptors (Lipinski definition) is 3. The Hall–Kier alpha value is -1.62. The first kappa shape index (κ1) is 16.7. The van der Waals surface area contributed by atoms with Gasteiger partial charge in [0.05, 0.1) is 12.6 Å². The second-order valence-corrected chi connectivity index (χ2v) is 6.89. The van der Waals surface area contributed by atoms with Crippen LogP contribution in [0.1, 0.15) is 44.2 Å². The molecule has 0 saturated carbocycles. The first-order valence-electron chi connectivity index (χ1n) is 7.59. The lowest BCUT2D eigenvalue weighted by Gasteiger charge is -2.37. The van der Waals surface area contributed by atoms with E-state index in [1.54, 1.807) is 6.07 Å². The number of hydrogen-bond donors (Lipinski definition) is 1. The Kier molecular flexibility index (Phi) is 4.75. The zero-order valence-electron chi connectivity index (χ0n) is 13.6. The third-order valence-corrected chi connectivity index (χ3v) is 3.87. The molecule has 22 heavy (non-hydrogen) atoms. The monoisotopic (exact) mass is 309 g/mol. The molecule has 1 aromatic carbocycles. The van der Waals surface area contributed by atoms with Crippen molar-refractivity contribution in [2.75, 3.05) is 13.1 Å². The molecule has 1 aliphatic rings. The van der Waals surface area contributed by atoms with Crippen LogP contribution in [0.25, 0.3) is 0 Å². The quantitative estimate of drug-likeness (QED) is 0.866. The average Bonchev–Trinajstić information content (AvgIpc) is 2.40. The number of benzene rings is 1. The van der Waals surface area contributed by atoms with E-state index < -0.39 is 17.8 Å². The second-order valence-electron chi connectivity index (χ2n) is 6.89. The van der Waals surface area contributed by atoms with E-state index in [9.17, 15) is 14.3 Å².